The van der Waals surface area contributed by atoms with Gasteiger partial charge in [0, 0.05) is 16.6 Å². The monoisotopic (exact) mass is 372 g/mol. The molecule has 1 atom stereocenters. The van der Waals surface area contributed by atoms with Crippen LogP contribution in [0.4, 0.5) is 0 Å². The number of carbonyl (C=O) groups excluding carboxylic acids is 1. The molecule has 0 aliphatic carbocycles. The van der Waals surface area contributed by atoms with Crippen molar-refractivity contribution in [3.63, 3.8) is 0 Å². The van der Waals surface area contributed by atoms with Gasteiger partial charge in [0.1, 0.15) is 4.88 Å². The van der Waals surface area contributed by atoms with Gasteiger partial charge in [0.05, 0.1) is 11.1 Å². The van der Waals surface area contributed by atoms with Crippen LogP contribution in [0.15, 0.2) is 48.5 Å². The molecule has 1 aromatic heterocycles. The highest BCUT2D eigenvalue weighted by Gasteiger charge is 2.19. The Hall–Kier alpha value is -1.88. The highest BCUT2D eigenvalue weighted by atomic mass is 35.5. The standard InChI is InChI=1S/C20H21ClN2OS/c1-13-8-10-14(11-9-13)16(23(2)3)12-22-20(24)19-18(21)15-6-4-5-7-17(15)25-19/h4-11,16H,12H2,1-3H3,(H,22,24)/t16-/m0/s1. The summed E-state index contributed by atoms with van der Waals surface area (Å²) in [6.07, 6.45) is 0. The highest BCUT2D eigenvalue weighted by molar-refractivity contribution is 7.21. The van der Waals surface area contributed by atoms with Gasteiger partial charge in [-0.2, -0.15) is 0 Å². The minimum absolute atomic E-state index is 0.109. The molecule has 0 saturated carbocycles. The van der Waals surface area contributed by atoms with E-state index < -0.39 is 0 Å². The summed E-state index contributed by atoms with van der Waals surface area (Å²) in [4.78, 5) is 15.3. The third-order valence-electron chi connectivity index (χ3n) is 4.28. The molecule has 0 saturated heterocycles. The van der Waals surface area contributed by atoms with E-state index in [0.717, 1.165) is 10.1 Å². The first kappa shape index (κ1) is 17.9. The maximum Gasteiger partial charge on any atom is 0.262 e. The van der Waals surface area contributed by atoms with Crippen LogP contribution < -0.4 is 5.32 Å². The molecular formula is C20H21ClN2OS. The zero-order valence-corrected chi connectivity index (χ0v) is 16.1. The predicted octanol–water partition coefficient (Wildman–Crippen LogP) is 4.90. The van der Waals surface area contributed by atoms with Crippen LogP contribution in [-0.4, -0.2) is 31.4 Å². The number of amides is 1. The molecule has 1 amide bonds. The van der Waals surface area contributed by atoms with Crippen molar-refractivity contribution in [1.29, 1.82) is 0 Å². The van der Waals surface area contributed by atoms with Gasteiger partial charge in [-0.3, -0.25) is 4.79 Å². The van der Waals surface area contributed by atoms with E-state index in [0.29, 0.717) is 16.4 Å². The molecule has 1 N–H and O–H groups in total. The number of benzene rings is 2. The number of fused-ring (bicyclic) bond motifs is 1. The molecule has 0 bridgehead atoms. The van der Waals surface area contributed by atoms with Crippen LogP contribution in [0.5, 0.6) is 0 Å². The van der Waals surface area contributed by atoms with Crippen molar-refractivity contribution in [3.8, 4) is 0 Å². The molecule has 3 rings (SSSR count). The summed E-state index contributed by atoms with van der Waals surface area (Å²) in [6, 6.07) is 16.3. The second-order valence-corrected chi connectivity index (χ2v) is 7.77. The van der Waals surface area contributed by atoms with Gasteiger partial charge in [-0.25, -0.2) is 0 Å². The zero-order chi connectivity index (χ0) is 18.0. The van der Waals surface area contributed by atoms with E-state index in [1.807, 2.05) is 38.4 Å². The van der Waals surface area contributed by atoms with Crippen LogP contribution in [0.2, 0.25) is 5.02 Å². The number of thiophene rings is 1. The normalized spacial score (nSPS) is 12.5. The van der Waals surface area contributed by atoms with E-state index in [9.17, 15) is 4.79 Å². The van der Waals surface area contributed by atoms with Gasteiger partial charge >= 0.3 is 0 Å². The van der Waals surface area contributed by atoms with Gasteiger partial charge in [-0.1, -0.05) is 59.6 Å². The first-order valence-corrected chi connectivity index (χ1v) is 9.35. The fraction of sp³-hybridized carbons (Fsp3) is 0.250. The number of carbonyl (C=O) groups is 1. The predicted molar refractivity (Wildman–Crippen MR) is 107 cm³/mol. The Morgan fingerprint density at radius 1 is 1.16 bits per heavy atom. The third kappa shape index (κ3) is 3.87. The van der Waals surface area contributed by atoms with E-state index in [1.54, 1.807) is 0 Å². The summed E-state index contributed by atoms with van der Waals surface area (Å²) >= 11 is 7.84. The maximum absolute atomic E-state index is 12.6. The number of nitrogens with one attached hydrogen (secondary N) is 1. The maximum atomic E-state index is 12.6. The largest absolute Gasteiger partial charge is 0.349 e. The third-order valence-corrected chi connectivity index (χ3v) is 5.96. The highest BCUT2D eigenvalue weighted by Crippen LogP contribution is 2.35. The van der Waals surface area contributed by atoms with Crippen molar-refractivity contribution in [2.24, 2.45) is 0 Å². The summed E-state index contributed by atoms with van der Waals surface area (Å²) in [5.74, 6) is -0.120. The molecule has 0 unspecified atom stereocenters. The lowest BCUT2D eigenvalue weighted by Crippen LogP contribution is -2.34. The Labute approximate surface area is 157 Å². The van der Waals surface area contributed by atoms with Crippen molar-refractivity contribution < 1.29 is 4.79 Å². The van der Waals surface area contributed by atoms with E-state index in [-0.39, 0.29) is 11.9 Å². The Kier molecular flexibility index (Phi) is 5.42. The van der Waals surface area contributed by atoms with Crippen molar-refractivity contribution in [1.82, 2.24) is 10.2 Å². The Bertz CT molecular complexity index is 886. The van der Waals surface area contributed by atoms with Gasteiger partial charge in [0.25, 0.3) is 5.91 Å². The van der Waals surface area contributed by atoms with Crippen molar-refractivity contribution in [2.75, 3.05) is 20.6 Å². The molecule has 5 heteroatoms. The number of hydrogen-bond donors (Lipinski definition) is 1. The molecule has 2 aromatic carbocycles. The van der Waals surface area contributed by atoms with E-state index >= 15 is 0 Å². The molecule has 0 spiro atoms. The van der Waals surface area contributed by atoms with Gasteiger partial charge in [0.2, 0.25) is 0 Å². The number of halogens is 1. The molecule has 0 fully saturated rings. The van der Waals surface area contributed by atoms with Gasteiger partial charge < -0.3 is 10.2 Å². The minimum Gasteiger partial charge on any atom is -0.349 e. The second-order valence-electron chi connectivity index (χ2n) is 6.34. The van der Waals surface area contributed by atoms with Gasteiger partial charge in [-0.05, 0) is 32.6 Å². The Balaban J connectivity index is 1.77. The number of nitrogens with zero attached hydrogens (tertiary/aromatic N) is 1. The molecule has 0 aliphatic rings. The van der Waals surface area contributed by atoms with Crippen LogP contribution >= 0.6 is 22.9 Å². The van der Waals surface area contributed by atoms with Crippen molar-refractivity contribution in [2.45, 2.75) is 13.0 Å². The van der Waals surface area contributed by atoms with E-state index in [4.69, 9.17) is 11.6 Å². The van der Waals surface area contributed by atoms with Crippen LogP contribution in [-0.2, 0) is 0 Å². The molecule has 3 aromatic rings. The fourth-order valence-corrected chi connectivity index (χ4v) is 4.25. The summed E-state index contributed by atoms with van der Waals surface area (Å²) < 4.78 is 1.03. The summed E-state index contributed by atoms with van der Waals surface area (Å²) in [7, 11) is 4.03. The van der Waals surface area contributed by atoms with Crippen LogP contribution in [0.1, 0.15) is 26.8 Å². The molecule has 0 aliphatic heterocycles. The fourth-order valence-electron chi connectivity index (χ4n) is 2.82. The summed E-state index contributed by atoms with van der Waals surface area (Å²) in [5.41, 5.74) is 2.40. The van der Waals surface area contributed by atoms with Crippen LogP contribution in [0, 0.1) is 6.92 Å². The first-order chi connectivity index (χ1) is 12.0. The lowest BCUT2D eigenvalue weighted by Gasteiger charge is -2.25. The summed E-state index contributed by atoms with van der Waals surface area (Å²) in [5, 5.41) is 4.51. The van der Waals surface area contributed by atoms with Crippen molar-refractivity contribution in [3.05, 3.63) is 69.6 Å². The first-order valence-electron chi connectivity index (χ1n) is 8.15. The summed E-state index contributed by atoms with van der Waals surface area (Å²) in [6.45, 7) is 2.60. The van der Waals surface area contributed by atoms with Crippen LogP contribution in [0.3, 0.4) is 0 Å². The lowest BCUT2D eigenvalue weighted by molar-refractivity contribution is 0.0946. The molecule has 1 heterocycles. The SMILES string of the molecule is Cc1ccc([C@H](CNC(=O)c2sc3ccccc3c2Cl)N(C)C)cc1. The molecule has 25 heavy (non-hydrogen) atoms. The zero-order valence-electron chi connectivity index (χ0n) is 14.5. The average molecular weight is 373 g/mol. The van der Waals surface area contributed by atoms with Gasteiger partial charge in [-0.15, -0.1) is 11.3 Å². The van der Waals surface area contributed by atoms with Crippen LogP contribution in [0.25, 0.3) is 10.1 Å². The molecular weight excluding hydrogens is 352 g/mol. The second kappa shape index (κ2) is 7.56. The van der Waals surface area contributed by atoms with E-state index in [2.05, 4.69) is 41.4 Å². The number of rotatable bonds is 5. The number of likely N-dealkylation sites (N-methyl/N-ethyl adjacent to an activating group) is 1. The number of hydrogen-bond acceptors (Lipinski definition) is 3. The number of aryl methyl sites for hydroxylation is 1. The lowest BCUT2D eigenvalue weighted by atomic mass is 10.0. The van der Waals surface area contributed by atoms with E-state index in [1.165, 1.54) is 22.5 Å². The molecule has 0 radical (unpaired) electrons. The minimum atomic E-state index is -0.120. The smallest absolute Gasteiger partial charge is 0.262 e. The average Bonchev–Trinajstić information content (AvgIpc) is 2.93. The Morgan fingerprint density at radius 2 is 1.84 bits per heavy atom. The quantitative estimate of drug-likeness (QED) is 0.691. The Morgan fingerprint density at radius 3 is 2.48 bits per heavy atom. The molecule has 3 nitrogen and oxygen atoms in total. The topological polar surface area (TPSA) is 32.3 Å². The molecule has 130 valence electrons. The van der Waals surface area contributed by atoms with Crippen molar-refractivity contribution >= 4 is 38.9 Å². The van der Waals surface area contributed by atoms with Gasteiger partial charge in [0.15, 0.2) is 0 Å².